The van der Waals surface area contributed by atoms with Gasteiger partial charge in [0.2, 0.25) is 0 Å². The van der Waals surface area contributed by atoms with Crippen LogP contribution in [0, 0.1) is 0 Å². The molecule has 3 unspecified atom stereocenters. The maximum absolute atomic E-state index is 3.95. The van der Waals surface area contributed by atoms with E-state index in [1.807, 2.05) is 0 Å². The monoisotopic (exact) mass is 273 g/mol. The molecule has 2 aliphatic rings. The molecule has 3 atom stereocenters. The number of nitrogens with zero attached hydrogens (tertiary/aromatic N) is 2. The zero-order valence-electron chi connectivity index (χ0n) is 12.8. The van der Waals surface area contributed by atoms with Gasteiger partial charge in [-0.15, -0.1) is 0 Å². The summed E-state index contributed by atoms with van der Waals surface area (Å²) >= 11 is 0. The first-order valence-electron chi connectivity index (χ1n) is 7.94. The van der Waals surface area contributed by atoms with Crippen LogP contribution in [0.4, 0.5) is 0 Å². The zero-order valence-corrected chi connectivity index (χ0v) is 12.8. The van der Waals surface area contributed by atoms with Crippen LogP contribution >= 0.6 is 0 Å². The minimum Gasteiger partial charge on any atom is -0.308 e. The van der Waals surface area contributed by atoms with Gasteiger partial charge in [0.25, 0.3) is 0 Å². The molecular formula is C17H27N3. The van der Waals surface area contributed by atoms with Gasteiger partial charge >= 0.3 is 0 Å². The summed E-state index contributed by atoms with van der Waals surface area (Å²) in [5, 5.41) is 3.95. The van der Waals surface area contributed by atoms with Crippen LogP contribution in [0.15, 0.2) is 30.3 Å². The lowest BCUT2D eigenvalue weighted by molar-refractivity contribution is 0.269. The molecule has 110 valence electrons. The highest BCUT2D eigenvalue weighted by Gasteiger charge is 2.37. The number of fused-ring (bicyclic) bond motifs is 1. The second kappa shape index (κ2) is 6.25. The van der Waals surface area contributed by atoms with Crippen molar-refractivity contribution in [1.82, 2.24) is 15.1 Å². The average molecular weight is 273 g/mol. The first-order valence-corrected chi connectivity index (χ1v) is 7.94. The normalized spacial score (nSPS) is 27.9. The quantitative estimate of drug-likeness (QED) is 0.886. The second-order valence-electron chi connectivity index (χ2n) is 6.53. The third-order valence-electron chi connectivity index (χ3n) is 4.77. The highest BCUT2D eigenvalue weighted by Crippen LogP contribution is 2.29. The zero-order chi connectivity index (χ0) is 13.9. The summed E-state index contributed by atoms with van der Waals surface area (Å²) in [4.78, 5) is 4.96. The van der Waals surface area contributed by atoms with Crippen molar-refractivity contribution >= 4 is 0 Å². The Balaban J connectivity index is 1.70. The van der Waals surface area contributed by atoms with Crippen molar-refractivity contribution in [3.8, 4) is 0 Å². The van der Waals surface area contributed by atoms with Gasteiger partial charge in [0.1, 0.15) is 0 Å². The molecule has 0 saturated carbocycles. The van der Waals surface area contributed by atoms with E-state index in [9.17, 15) is 0 Å². The Hall–Kier alpha value is -0.900. The first-order chi connectivity index (χ1) is 9.74. The number of likely N-dealkylation sites (N-methyl/N-ethyl adjacent to an activating group) is 1. The fourth-order valence-electron chi connectivity index (χ4n) is 3.84. The summed E-state index contributed by atoms with van der Waals surface area (Å²) in [6.45, 7) is 3.66. The van der Waals surface area contributed by atoms with Crippen molar-refractivity contribution in [2.24, 2.45) is 0 Å². The predicted molar refractivity (Wildman–Crippen MR) is 83.9 cm³/mol. The van der Waals surface area contributed by atoms with Gasteiger partial charge in [0.15, 0.2) is 0 Å². The van der Waals surface area contributed by atoms with Gasteiger partial charge in [-0.05, 0) is 45.5 Å². The van der Waals surface area contributed by atoms with Crippen LogP contribution in [0.2, 0.25) is 0 Å². The summed E-state index contributed by atoms with van der Waals surface area (Å²) in [5.41, 5.74) is 1.41. The maximum Gasteiger partial charge on any atom is 0.0451 e. The van der Waals surface area contributed by atoms with Crippen molar-refractivity contribution in [1.29, 1.82) is 0 Å². The fraction of sp³-hybridized carbons (Fsp3) is 0.647. The van der Waals surface area contributed by atoms with Crippen LogP contribution in [0.1, 0.15) is 30.9 Å². The van der Waals surface area contributed by atoms with Crippen LogP contribution in [0.3, 0.4) is 0 Å². The molecule has 3 nitrogen and oxygen atoms in total. The molecule has 2 fully saturated rings. The molecule has 2 heterocycles. The lowest BCUT2D eigenvalue weighted by atomic mass is 10.0. The fourth-order valence-corrected chi connectivity index (χ4v) is 3.84. The average Bonchev–Trinajstić information content (AvgIpc) is 3.03. The summed E-state index contributed by atoms with van der Waals surface area (Å²) in [6.07, 6.45) is 4.06. The van der Waals surface area contributed by atoms with Gasteiger partial charge in [-0.3, -0.25) is 4.90 Å². The van der Waals surface area contributed by atoms with E-state index in [4.69, 9.17) is 0 Å². The van der Waals surface area contributed by atoms with Crippen LogP contribution in [0.5, 0.6) is 0 Å². The maximum atomic E-state index is 3.95. The van der Waals surface area contributed by atoms with E-state index in [1.165, 1.54) is 37.9 Å². The summed E-state index contributed by atoms with van der Waals surface area (Å²) in [5.74, 6) is 0. The van der Waals surface area contributed by atoms with Crippen molar-refractivity contribution in [3.63, 3.8) is 0 Å². The molecule has 0 radical (unpaired) electrons. The Morgan fingerprint density at radius 1 is 1.20 bits per heavy atom. The van der Waals surface area contributed by atoms with E-state index in [0.717, 1.165) is 12.6 Å². The molecule has 0 aliphatic carbocycles. The Morgan fingerprint density at radius 2 is 2.00 bits per heavy atom. The standard InChI is InChI=1S/C17H27N3/c1-19(2)13-16(14-7-4-3-5-8-14)18-15-10-12-20-11-6-9-17(15)20/h3-5,7-8,15-18H,6,9-13H2,1-2H3. The number of nitrogens with one attached hydrogen (secondary N) is 1. The van der Waals surface area contributed by atoms with Crippen LogP contribution in [-0.2, 0) is 0 Å². The van der Waals surface area contributed by atoms with Crippen LogP contribution < -0.4 is 5.32 Å². The molecule has 3 heteroatoms. The molecule has 1 N–H and O–H groups in total. The highest BCUT2D eigenvalue weighted by molar-refractivity contribution is 5.20. The van der Waals surface area contributed by atoms with Gasteiger partial charge < -0.3 is 10.2 Å². The number of hydrogen-bond acceptors (Lipinski definition) is 3. The summed E-state index contributed by atoms with van der Waals surface area (Å²) in [7, 11) is 4.32. The van der Waals surface area contributed by atoms with Gasteiger partial charge in [-0.2, -0.15) is 0 Å². The molecule has 0 aromatic heterocycles. The van der Waals surface area contributed by atoms with E-state index in [2.05, 4.69) is 59.5 Å². The van der Waals surface area contributed by atoms with E-state index < -0.39 is 0 Å². The smallest absolute Gasteiger partial charge is 0.0451 e. The topological polar surface area (TPSA) is 18.5 Å². The molecule has 0 spiro atoms. The Kier molecular flexibility index (Phi) is 4.39. The third kappa shape index (κ3) is 3.05. The van der Waals surface area contributed by atoms with Crippen molar-refractivity contribution in [2.45, 2.75) is 37.4 Å². The predicted octanol–water partition coefficient (Wildman–Crippen LogP) is 2.12. The summed E-state index contributed by atoms with van der Waals surface area (Å²) < 4.78 is 0. The number of rotatable bonds is 5. The SMILES string of the molecule is CN(C)CC(NC1CCN2CCCC12)c1ccccc1. The number of hydrogen-bond donors (Lipinski definition) is 1. The molecule has 20 heavy (non-hydrogen) atoms. The van der Waals surface area contributed by atoms with Gasteiger partial charge in [-0.1, -0.05) is 30.3 Å². The molecule has 1 aromatic carbocycles. The lowest BCUT2D eigenvalue weighted by Gasteiger charge is -2.29. The Bertz CT molecular complexity index is 418. The highest BCUT2D eigenvalue weighted by atomic mass is 15.2. The summed E-state index contributed by atoms with van der Waals surface area (Å²) in [6, 6.07) is 12.8. The van der Waals surface area contributed by atoms with Gasteiger partial charge in [0.05, 0.1) is 0 Å². The van der Waals surface area contributed by atoms with Gasteiger partial charge in [-0.25, -0.2) is 0 Å². The molecular weight excluding hydrogens is 246 g/mol. The number of benzene rings is 1. The first kappa shape index (κ1) is 14.1. The van der Waals surface area contributed by atoms with E-state index in [-0.39, 0.29) is 0 Å². The molecule has 3 rings (SSSR count). The second-order valence-corrected chi connectivity index (χ2v) is 6.53. The van der Waals surface area contributed by atoms with E-state index in [1.54, 1.807) is 0 Å². The van der Waals surface area contributed by atoms with Crippen LogP contribution in [0.25, 0.3) is 0 Å². The molecule has 0 amide bonds. The Labute approximate surface area is 123 Å². The third-order valence-corrected chi connectivity index (χ3v) is 4.77. The molecule has 2 aliphatic heterocycles. The van der Waals surface area contributed by atoms with E-state index >= 15 is 0 Å². The van der Waals surface area contributed by atoms with E-state index in [0.29, 0.717) is 12.1 Å². The van der Waals surface area contributed by atoms with Crippen LogP contribution in [-0.4, -0.2) is 55.6 Å². The van der Waals surface area contributed by atoms with Crippen molar-refractivity contribution < 1.29 is 0 Å². The molecule has 1 aromatic rings. The Morgan fingerprint density at radius 3 is 2.75 bits per heavy atom. The molecule has 0 bridgehead atoms. The van der Waals surface area contributed by atoms with Gasteiger partial charge in [0, 0.05) is 31.2 Å². The van der Waals surface area contributed by atoms with Crippen molar-refractivity contribution in [3.05, 3.63) is 35.9 Å². The largest absolute Gasteiger partial charge is 0.308 e. The molecule has 2 saturated heterocycles. The lowest BCUT2D eigenvalue weighted by Crippen LogP contribution is -2.43. The van der Waals surface area contributed by atoms with Crippen molar-refractivity contribution in [2.75, 3.05) is 33.7 Å². The minimum absolute atomic E-state index is 0.441. The minimum atomic E-state index is 0.441.